The van der Waals surface area contributed by atoms with Crippen LogP contribution in [0.5, 0.6) is 0 Å². The van der Waals surface area contributed by atoms with E-state index in [2.05, 4.69) is 31.6 Å². The Morgan fingerprint density at radius 2 is 1.53 bits per heavy atom. The number of hydrogen-bond donors (Lipinski definition) is 10. The Bertz CT molecular complexity index is 1320. The summed E-state index contributed by atoms with van der Waals surface area (Å²) >= 11 is 0. The van der Waals surface area contributed by atoms with Gasteiger partial charge in [0.1, 0.15) is 30.4 Å². The Kier molecular flexibility index (Phi) is 15.6. The zero-order valence-electron chi connectivity index (χ0n) is 26.6. The third-order valence-electron chi connectivity index (χ3n) is 7.57. The van der Waals surface area contributed by atoms with Crippen LogP contribution in [0, 0.1) is 0 Å². The van der Waals surface area contributed by atoms with Crippen LogP contribution in [-0.4, -0.2) is 140 Å². The maximum absolute atomic E-state index is 13.5. The van der Waals surface area contributed by atoms with Crippen LogP contribution in [0.25, 0.3) is 0 Å². The number of aliphatic hydroxyl groups is 2. The molecule has 7 atom stereocenters. The number of rotatable bonds is 9. The fourth-order valence-corrected chi connectivity index (χ4v) is 5.09. The van der Waals surface area contributed by atoms with Crippen LogP contribution < -0.4 is 32.3 Å². The SMILES string of the molecule is C[C@@H](O)[C@@H]1NC(=O)[C@H](CCC(=O)O)NC(=O)[C@@H]2CCCN2C(=O)[C@H](CC(N)=O)N[C@H](O)CCNC(=O)[C@H](CCC(=O)O)NC(=O)C=NC1=O. The molecule has 21 heteroatoms. The van der Waals surface area contributed by atoms with Gasteiger partial charge in [-0.3, -0.25) is 48.5 Å². The molecule has 1 fully saturated rings. The summed E-state index contributed by atoms with van der Waals surface area (Å²) in [5.74, 6) is -9.57. The van der Waals surface area contributed by atoms with Crippen molar-refractivity contribution < 1.29 is 63.6 Å². The van der Waals surface area contributed by atoms with Crippen molar-refractivity contribution in [2.75, 3.05) is 13.1 Å². The van der Waals surface area contributed by atoms with Crippen molar-refractivity contribution in [1.82, 2.24) is 31.5 Å². The Morgan fingerprint density at radius 1 is 0.918 bits per heavy atom. The summed E-state index contributed by atoms with van der Waals surface area (Å²) in [5.41, 5.74) is 5.32. The van der Waals surface area contributed by atoms with E-state index in [4.69, 9.17) is 10.8 Å². The summed E-state index contributed by atoms with van der Waals surface area (Å²) in [6, 6.07) is -7.45. The molecule has 2 aliphatic rings. The van der Waals surface area contributed by atoms with Gasteiger partial charge in [0, 0.05) is 32.4 Å². The molecule has 0 radical (unpaired) electrons. The molecule has 0 aromatic rings. The van der Waals surface area contributed by atoms with Crippen molar-refractivity contribution in [2.45, 2.75) is 101 Å². The lowest BCUT2D eigenvalue weighted by molar-refractivity contribution is -0.143. The Balaban J connectivity index is 2.49. The van der Waals surface area contributed by atoms with Crippen LogP contribution in [0.2, 0.25) is 0 Å². The number of carboxylic acids is 2. The second-order valence-corrected chi connectivity index (χ2v) is 11.5. The maximum atomic E-state index is 13.5. The lowest BCUT2D eigenvalue weighted by Gasteiger charge is -2.31. The summed E-state index contributed by atoms with van der Waals surface area (Å²) in [4.78, 5) is 117. The minimum atomic E-state index is -1.79. The van der Waals surface area contributed by atoms with Gasteiger partial charge in [-0.15, -0.1) is 0 Å². The molecule has 0 bridgehead atoms. The smallest absolute Gasteiger partial charge is 0.303 e. The molecule has 0 aliphatic carbocycles. The van der Waals surface area contributed by atoms with E-state index in [1.54, 1.807) is 0 Å². The highest BCUT2D eigenvalue weighted by atomic mass is 16.4. The molecule has 0 saturated carbocycles. The van der Waals surface area contributed by atoms with E-state index in [9.17, 15) is 58.5 Å². The first kappa shape index (κ1) is 40.2. The van der Waals surface area contributed by atoms with Crippen LogP contribution in [-0.2, 0) is 43.2 Å². The summed E-state index contributed by atoms with van der Waals surface area (Å²) in [6.07, 6.45) is -5.15. The number of carbonyl (C=O) groups excluding carboxylic acids is 7. The van der Waals surface area contributed by atoms with Gasteiger partial charge in [-0.1, -0.05) is 0 Å². The second kappa shape index (κ2) is 19.1. The third-order valence-corrected chi connectivity index (χ3v) is 7.57. The largest absolute Gasteiger partial charge is 0.481 e. The molecular formula is C28H42N8O13. The van der Waals surface area contributed by atoms with E-state index in [0.29, 0.717) is 12.6 Å². The number of primary amides is 1. The van der Waals surface area contributed by atoms with Crippen LogP contribution in [0.15, 0.2) is 4.99 Å². The van der Waals surface area contributed by atoms with Crippen molar-refractivity contribution in [1.29, 1.82) is 0 Å². The molecule has 21 nitrogen and oxygen atoms in total. The predicted molar refractivity (Wildman–Crippen MR) is 164 cm³/mol. The lowest BCUT2D eigenvalue weighted by atomic mass is 10.1. The van der Waals surface area contributed by atoms with Gasteiger partial charge in [-0.25, -0.2) is 4.99 Å². The highest BCUT2D eigenvalue weighted by molar-refractivity contribution is 6.28. The lowest BCUT2D eigenvalue weighted by Crippen LogP contribution is -2.59. The van der Waals surface area contributed by atoms with Gasteiger partial charge >= 0.3 is 11.9 Å². The minimum absolute atomic E-state index is 0.0338. The molecule has 2 heterocycles. The zero-order valence-corrected chi connectivity index (χ0v) is 26.6. The van der Waals surface area contributed by atoms with Crippen molar-refractivity contribution in [2.24, 2.45) is 10.7 Å². The van der Waals surface area contributed by atoms with Crippen molar-refractivity contribution in [3.05, 3.63) is 0 Å². The van der Waals surface area contributed by atoms with Crippen molar-refractivity contribution >= 4 is 59.5 Å². The Labute approximate surface area is 279 Å². The number of hydrogen-bond acceptors (Lipinski definition) is 12. The molecule has 0 aromatic heterocycles. The number of carboxylic acid groups (broad SMARTS) is 2. The van der Waals surface area contributed by atoms with Crippen molar-refractivity contribution in [3.63, 3.8) is 0 Å². The first-order valence-corrected chi connectivity index (χ1v) is 15.4. The molecule has 49 heavy (non-hydrogen) atoms. The molecule has 1 saturated heterocycles. The number of nitrogens with zero attached hydrogens (tertiary/aromatic N) is 2. The molecule has 0 unspecified atom stereocenters. The average Bonchev–Trinajstić information content (AvgIpc) is 3.51. The first-order valence-electron chi connectivity index (χ1n) is 15.4. The summed E-state index contributed by atoms with van der Waals surface area (Å²) in [5, 5.41) is 50.7. The fraction of sp³-hybridized carbons (Fsp3) is 0.643. The molecule has 272 valence electrons. The number of carbonyl (C=O) groups is 9. The summed E-state index contributed by atoms with van der Waals surface area (Å²) in [7, 11) is 0. The summed E-state index contributed by atoms with van der Waals surface area (Å²) < 4.78 is 0. The fourth-order valence-electron chi connectivity index (χ4n) is 5.09. The summed E-state index contributed by atoms with van der Waals surface area (Å²) in [6.45, 7) is 0.875. The normalized spacial score (nSPS) is 27.4. The Hall–Kier alpha value is -5.02. The van der Waals surface area contributed by atoms with Crippen LogP contribution >= 0.6 is 0 Å². The highest BCUT2D eigenvalue weighted by Gasteiger charge is 2.40. The number of aliphatic imine (C=N–C) groups is 1. The molecule has 11 N–H and O–H groups in total. The molecular weight excluding hydrogens is 656 g/mol. The average molecular weight is 699 g/mol. The van der Waals surface area contributed by atoms with Crippen LogP contribution in [0.4, 0.5) is 0 Å². The quantitative estimate of drug-likeness (QED) is 0.108. The minimum Gasteiger partial charge on any atom is -0.481 e. The van der Waals surface area contributed by atoms with Gasteiger partial charge in [-0.2, -0.15) is 0 Å². The molecule has 7 amide bonds. The number of nitrogens with one attached hydrogen (secondary N) is 5. The third kappa shape index (κ3) is 13.2. The van der Waals surface area contributed by atoms with Gasteiger partial charge in [0.2, 0.25) is 29.5 Å². The number of fused-ring (bicyclic) bond motifs is 1. The Morgan fingerprint density at radius 3 is 2.10 bits per heavy atom. The number of amides is 7. The standard InChI is InChI=1S/C28H42N8O13/c1-13(37)23-27(48)31-12-20(40)32-14(4-6-21(41)42)24(45)30-9-8-19(39)33-16(11-18(29)38)28(49)36-10-2-3-17(36)26(47)34-15(25(46)35-23)5-7-22(43)44/h12-17,19,23,33,37,39H,2-11H2,1H3,(H2,29,38)(H,30,45)(H,32,40)(H,34,47)(H,35,46)(H,41,42)(H,43,44)/t13-,14+,15+,16+,17+,19-,23+/m1/s1. The number of aliphatic hydroxyl groups excluding tert-OH is 2. The van der Waals surface area contributed by atoms with Gasteiger partial charge in [0.15, 0.2) is 0 Å². The molecule has 0 spiro atoms. The van der Waals surface area contributed by atoms with E-state index in [-0.39, 0.29) is 25.9 Å². The van der Waals surface area contributed by atoms with E-state index in [0.717, 1.165) is 11.8 Å². The number of nitrogens with two attached hydrogens (primary N) is 1. The molecule has 0 aromatic carbocycles. The highest BCUT2D eigenvalue weighted by Crippen LogP contribution is 2.20. The topological polar surface area (TPSA) is 336 Å². The zero-order chi connectivity index (χ0) is 36.8. The maximum Gasteiger partial charge on any atom is 0.303 e. The van der Waals surface area contributed by atoms with Gasteiger partial charge in [0.25, 0.3) is 11.8 Å². The van der Waals surface area contributed by atoms with E-state index in [1.165, 1.54) is 0 Å². The second-order valence-electron chi connectivity index (χ2n) is 11.5. The van der Waals surface area contributed by atoms with E-state index >= 15 is 0 Å². The van der Waals surface area contributed by atoms with Crippen LogP contribution in [0.3, 0.4) is 0 Å². The van der Waals surface area contributed by atoms with Gasteiger partial charge in [-0.05, 0) is 32.6 Å². The van der Waals surface area contributed by atoms with E-state index < -0.39 is 128 Å². The monoisotopic (exact) mass is 698 g/mol. The number of aliphatic carboxylic acids is 2. The van der Waals surface area contributed by atoms with Crippen LogP contribution in [0.1, 0.15) is 58.3 Å². The predicted octanol–water partition coefficient (Wildman–Crippen LogP) is -5.19. The van der Waals surface area contributed by atoms with Gasteiger partial charge < -0.3 is 52.3 Å². The van der Waals surface area contributed by atoms with E-state index in [1.807, 2.05) is 0 Å². The molecule has 2 aliphatic heterocycles. The van der Waals surface area contributed by atoms with Gasteiger partial charge in [0.05, 0.1) is 24.8 Å². The molecule has 2 rings (SSSR count). The first-order chi connectivity index (χ1) is 23.0. The van der Waals surface area contributed by atoms with Crippen molar-refractivity contribution in [3.8, 4) is 0 Å².